The van der Waals surface area contributed by atoms with E-state index in [0.717, 1.165) is 19.7 Å². The minimum Gasteiger partial charge on any atom is -0.383 e. The Bertz CT molecular complexity index is 225. The Balaban J connectivity index is 2.68. The quantitative estimate of drug-likeness (QED) is 0.817. The van der Waals surface area contributed by atoms with E-state index in [4.69, 9.17) is 4.74 Å². The molecule has 0 aromatic carbocycles. The summed E-state index contributed by atoms with van der Waals surface area (Å²) in [5.74, 6) is 0. The topological polar surface area (TPSA) is 24.5 Å². The summed E-state index contributed by atoms with van der Waals surface area (Å²) >= 11 is 0. The van der Waals surface area contributed by atoms with Crippen LogP contribution in [0.15, 0.2) is 0 Å². The van der Waals surface area contributed by atoms with Crippen LogP contribution >= 0.6 is 0 Å². The number of nitrogens with zero attached hydrogens (tertiary/aromatic N) is 1. The van der Waals surface area contributed by atoms with Crippen molar-refractivity contribution in [3.8, 4) is 0 Å². The Labute approximate surface area is 107 Å². The van der Waals surface area contributed by atoms with Crippen molar-refractivity contribution in [2.24, 2.45) is 5.41 Å². The fraction of sp³-hybridized carbons (Fsp3) is 1.00. The molecular weight excluding hydrogens is 212 g/mol. The molecule has 1 saturated heterocycles. The Morgan fingerprint density at radius 2 is 2.06 bits per heavy atom. The van der Waals surface area contributed by atoms with Crippen molar-refractivity contribution in [3.05, 3.63) is 0 Å². The highest BCUT2D eigenvalue weighted by atomic mass is 16.5. The van der Waals surface area contributed by atoms with Crippen LogP contribution in [0.1, 0.15) is 41.0 Å². The van der Waals surface area contributed by atoms with E-state index < -0.39 is 0 Å². The van der Waals surface area contributed by atoms with Crippen molar-refractivity contribution in [2.45, 2.75) is 59.2 Å². The lowest BCUT2D eigenvalue weighted by Gasteiger charge is -2.47. The third kappa shape index (κ3) is 3.94. The summed E-state index contributed by atoms with van der Waals surface area (Å²) < 4.78 is 5.31. The molecule has 1 rings (SSSR count). The van der Waals surface area contributed by atoms with E-state index in [9.17, 15) is 0 Å². The zero-order chi connectivity index (χ0) is 13.1. The number of ether oxygens (including phenoxy) is 1. The van der Waals surface area contributed by atoms with Gasteiger partial charge < -0.3 is 10.1 Å². The molecule has 1 heterocycles. The lowest BCUT2D eigenvalue weighted by atomic mass is 9.84. The lowest BCUT2D eigenvalue weighted by Crippen LogP contribution is -2.62. The average molecular weight is 242 g/mol. The van der Waals surface area contributed by atoms with Crippen LogP contribution in [0.4, 0.5) is 0 Å². The highest BCUT2D eigenvalue weighted by Gasteiger charge is 2.35. The van der Waals surface area contributed by atoms with E-state index in [1.54, 1.807) is 7.11 Å². The second kappa shape index (κ2) is 6.17. The van der Waals surface area contributed by atoms with Gasteiger partial charge in [-0.3, -0.25) is 4.90 Å². The van der Waals surface area contributed by atoms with Gasteiger partial charge in [-0.1, -0.05) is 27.7 Å². The molecule has 0 aromatic heterocycles. The Kier molecular flexibility index (Phi) is 5.42. The van der Waals surface area contributed by atoms with Crippen LogP contribution in [0.5, 0.6) is 0 Å². The summed E-state index contributed by atoms with van der Waals surface area (Å²) in [6, 6.07) is 1.74. The number of piperazine rings is 1. The van der Waals surface area contributed by atoms with Crippen LogP contribution in [0.3, 0.4) is 0 Å². The molecular formula is C14H30N2O. The first-order chi connectivity index (χ1) is 7.90. The third-order valence-electron chi connectivity index (χ3n) is 3.95. The Hall–Kier alpha value is -0.120. The maximum atomic E-state index is 5.31. The summed E-state index contributed by atoms with van der Waals surface area (Å²) in [5.41, 5.74) is 0.323. The minimum absolute atomic E-state index is 0.323. The fourth-order valence-corrected chi connectivity index (χ4v) is 2.66. The first-order valence-corrected chi connectivity index (χ1v) is 6.88. The largest absolute Gasteiger partial charge is 0.383 e. The number of hydrogen-bond donors (Lipinski definition) is 1. The maximum absolute atomic E-state index is 5.31. The van der Waals surface area contributed by atoms with Crippen molar-refractivity contribution >= 4 is 0 Å². The van der Waals surface area contributed by atoms with E-state index >= 15 is 0 Å². The van der Waals surface area contributed by atoms with Gasteiger partial charge in [0.05, 0.1) is 6.61 Å². The highest BCUT2D eigenvalue weighted by Crippen LogP contribution is 2.25. The monoisotopic (exact) mass is 242 g/mol. The zero-order valence-corrected chi connectivity index (χ0v) is 12.4. The van der Waals surface area contributed by atoms with Crippen molar-refractivity contribution in [3.63, 3.8) is 0 Å². The summed E-state index contributed by atoms with van der Waals surface area (Å²) in [6.45, 7) is 14.6. The zero-order valence-electron chi connectivity index (χ0n) is 12.4. The number of nitrogens with one attached hydrogen (secondary N) is 1. The SMILES string of the molecule is CCC1CNC(C(C)(C)C)CN1C(C)COC. The molecule has 0 radical (unpaired) electrons. The third-order valence-corrected chi connectivity index (χ3v) is 3.95. The van der Waals surface area contributed by atoms with E-state index in [0.29, 0.717) is 23.5 Å². The summed E-state index contributed by atoms with van der Waals surface area (Å²) in [7, 11) is 1.79. The molecule has 1 aliphatic heterocycles. The van der Waals surface area contributed by atoms with Crippen LogP contribution in [-0.4, -0.2) is 49.8 Å². The second-order valence-electron chi connectivity index (χ2n) is 6.39. The molecule has 3 unspecified atom stereocenters. The molecule has 0 amide bonds. The molecule has 0 bridgehead atoms. The molecule has 0 aliphatic carbocycles. The van der Waals surface area contributed by atoms with Crippen molar-refractivity contribution in [2.75, 3.05) is 26.8 Å². The molecule has 1 fully saturated rings. The number of hydrogen-bond acceptors (Lipinski definition) is 3. The van der Waals surface area contributed by atoms with Gasteiger partial charge in [-0.05, 0) is 18.8 Å². The standard InChI is InChI=1S/C14H30N2O/c1-7-12-8-15-13(14(3,4)5)9-16(12)11(2)10-17-6/h11-13,15H,7-10H2,1-6H3. The molecule has 1 N–H and O–H groups in total. The smallest absolute Gasteiger partial charge is 0.0615 e. The summed E-state index contributed by atoms with van der Waals surface area (Å²) in [6.07, 6.45) is 1.21. The van der Waals surface area contributed by atoms with Crippen LogP contribution in [0.25, 0.3) is 0 Å². The van der Waals surface area contributed by atoms with Gasteiger partial charge in [0.25, 0.3) is 0 Å². The summed E-state index contributed by atoms with van der Waals surface area (Å²) in [4.78, 5) is 2.62. The minimum atomic E-state index is 0.323. The Morgan fingerprint density at radius 1 is 1.41 bits per heavy atom. The molecule has 0 aromatic rings. The van der Waals surface area contributed by atoms with Crippen molar-refractivity contribution < 1.29 is 4.74 Å². The van der Waals surface area contributed by atoms with Crippen LogP contribution in [0, 0.1) is 5.41 Å². The van der Waals surface area contributed by atoms with Gasteiger partial charge in [-0.25, -0.2) is 0 Å². The number of rotatable bonds is 4. The normalized spacial score (nSPS) is 29.3. The van der Waals surface area contributed by atoms with Gasteiger partial charge in [-0.15, -0.1) is 0 Å². The van der Waals surface area contributed by atoms with Gasteiger partial charge in [0.2, 0.25) is 0 Å². The predicted molar refractivity (Wildman–Crippen MR) is 73.4 cm³/mol. The second-order valence-corrected chi connectivity index (χ2v) is 6.39. The van der Waals surface area contributed by atoms with Gasteiger partial charge in [-0.2, -0.15) is 0 Å². The van der Waals surface area contributed by atoms with E-state index in [-0.39, 0.29) is 0 Å². The maximum Gasteiger partial charge on any atom is 0.0615 e. The van der Waals surface area contributed by atoms with Gasteiger partial charge >= 0.3 is 0 Å². The Morgan fingerprint density at radius 3 is 2.53 bits per heavy atom. The lowest BCUT2D eigenvalue weighted by molar-refractivity contribution is 0.0206. The van der Waals surface area contributed by atoms with Crippen LogP contribution in [-0.2, 0) is 4.74 Å². The van der Waals surface area contributed by atoms with Gasteiger partial charge in [0.15, 0.2) is 0 Å². The predicted octanol–water partition coefficient (Wildman–Crippen LogP) is 2.12. The first-order valence-electron chi connectivity index (χ1n) is 6.88. The van der Waals surface area contributed by atoms with E-state index in [1.807, 2.05) is 0 Å². The van der Waals surface area contributed by atoms with Gasteiger partial charge in [0, 0.05) is 38.3 Å². The molecule has 0 saturated carbocycles. The molecule has 1 aliphatic rings. The van der Waals surface area contributed by atoms with Crippen LogP contribution < -0.4 is 5.32 Å². The molecule has 102 valence electrons. The van der Waals surface area contributed by atoms with Crippen LogP contribution in [0.2, 0.25) is 0 Å². The van der Waals surface area contributed by atoms with Gasteiger partial charge in [0.1, 0.15) is 0 Å². The molecule has 3 atom stereocenters. The highest BCUT2D eigenvalue weighted by molar-refractivity contribution is 4.93. The van der Waals surface area contributed by atoms with E-state index in [2.05, 4.69) is 44.8 Å². The summed E-state index contributed by atoms with van der Waals surface area (Å²) in [5, 5.41) is 3.70. The molecule has 3 heteroatoms. The first kappa shape index (κ1) is 14.9. The fourth-order valence-electron chi connectivity index (χ4n) is 2.66. The van der Waals surface area contributed by atoms with Crippen molar-refractivity contribution in [1.82, 2.24) is 10.2 Å². The van der Waals surface area contributed by atoms with Crippen molar-refractivity contribution in [1.29, 1.82) is 0 Å². The molecule has 3 nitrogen and oxygen atoms in total. The molecule has 0 spiro atoms. The molecule has 17 heavy (non-hydrogen) atoms. The average Bonchev–Trinajstić information content (AvgIpc) is 2.27. The number of methoxy groups -OCH3 is 1. The van der Waals surface area contributed by atoms with E-state index in [1.165, 1.54) is 6.42 Å².